The van der Waals surface area contributed by atoms with Crippen molar-refractivity contribution in [2.24, 2.45) is 5.92 Å². The Labute approximate surface area is 120 Å². The van der Waals surface area contributed by atoms with Gasteiger partial charge < -0.3 is 15.1 Å². The lowest BCUT2D eigenvalue weighted by Gasteiger charge is -2.28. The quantitative estimate of drug-likeness (QED) is 0.898. The molecule has 4 nitrogen and oxygen atoms in total. The third kappa shape index (κ3) is 4.25. The van der Waals surface area contributed by atoms with Crippen molar-refractivity contribution in [3.63, 3.8) is 0 Å². The Bertz CT molecular complexity index is 419. The molecule has 1 amide bonds. The average molecular weight is 287 g/mol. The first-order valence-corrected chi connectivity index (χ1v) is 6.66. The van der Waals surface area contributed by atoms with Crippen molar-refractivity contribution in [3.8, 4) is 0 Å². The van der Waals surface area contributed by atoms with Gasteiger partial charge in [0.15, 0.2) is 0 Å². The summed E-state index contributed by atoms with van der Waals surface area (Å²) in [6.07, 6.45) is 1.83. The molecule has 1 fully saturated rings. The Kier molecular flexibility index (Phi) is 5.88. The molecule has 2 rings (SSSR count). The Morgan fingerprint density at radius 3 is 2.84 bits per heavy atom. The fourth-order valence-electron chi connectivity index (χ4n) is 2.46. The number of rotatable bonds is 3. The van der Waals surface area contributed by atoms with Crippen molar-refractivity contribution in [3.05, 3.63) is 23.7 Å². The second-order valence-electron chi connectivity index (χ2n) is 5.26. The molecule has 1 aromatic heterocycles. The summed E-state index contributed by atoms with van der Waals surface area (Å²) < 4.78 is 5.53. The molecule has 1 aromatic rings. The van der Waals surface area contributed by atoms with E-state index in [-0.39, 0.29) is 30.3 Å². The minimum absolute atomic E-state index is 0. The largest absolute Gasteiger partial charge is 0.464 e. The fraction of sp³-hybridized carbons (Fsp3) is 0.643. The maximum Gasteiger partial charge on any atom is 0.223 e. The molecule has 2 heterocycles. The van der Waals surface area contributed by atoms with Gasteiger partial charge >= 0.3 is 0 Å². The Morgan fingerprint density at radius 1 is 1.53 bits per heavy atom. The van der Waals surface area contributed by atoms with Crippen LogP contribution in [0, 0.1) is 12.8 Å². The van der Waals surface area contributed by atoms with Crippen molar-refractivity contribution < 1.29 is 9.21 Å². The standard InChI is InChI=1S/C14H22N2O2.ClH/c1-9-8-12(6-7-15-9)14(17)16-11(3)13-5-4-10(2)18-13;/h4-5,9,11-12,15H,6-8H2,1-3H3,(H,16,17);1H/t9-,11?,12-;/m0./s1. The van der Waals surface area contributed by atoms with Gasteiger partial charge in [0, 0.05) is 12.0 Å². The number of nitrogens with one attached hydrogen (secondary N) is 2. The molecule has 0 spiro atoms. The third-order valence-electron chi connectivity index (χ3n) is 3.54. The number of halogens is 1. The molecule has 3 atom stereocenters. The summed E-state index contributed by atoms with van der Waals surface area (Å²) in [4.78, 5) is 12.2. The summed E-state index contributed by atoms with van der Waals surface area (Å²) in [7, 11) is 0. The van der Waals surface area contributed by atoms with E-state index in [1.807, 2.05) is 26.0 Å². The molecule has 1 unspecified atom stereocenters. The van der Waals surface area contributed by atoms with Gasteiger partial charge in [-0.1, -0.05) is 0 Å². The van der Waals surface area contributed by atoms with Crippen LogP contribution in [0.5, 0.6) is 0 Å². The molecule has 0 radical (unpaired) electrons. The first-order valence-electron chi connectivity index (χ1n) is 6.66. The van der Waals surface area contributed by atoms with Crippen LogP contribution in [0.25, 0.3) is 0 Å². The molecule has 1 aliphatic rings. The van der Waals surface area contributed by atoms with E-state index < -0.39 is 0 Å². The predicted molar refractivity (Wildman–Crippen MR) is 77.4 cm³/mol. The average Bonchev–Trinajstić information content (AvgIpc) is 2.76. The minimum atomic E-state index is -0.0589. The van der Waals surface area contributed by atoms with Gasteiger partial charge in [-0.15, -0.1) is 12.4 Å². The molecule has 0 aromatic carbocycles. The topological polar surface area (TPSA) is 54.3 Å². The maximum absolute atomic E-state index is 12.2. The zero-order valence-corrected chi connectivity index (χ0v) is 12.5. The van der Waals surface area contributed by atoms with E-state index in [0.717, 1.165) is 30.9 Å². The van der Waals surface area contributed by atoms with Crippen molar-refractivity contribution in [1.29, 1.82) is 0 Å². The summed E-state index contributed by atoms with van der Waals surface area (Å²) in [5, 5.41) is 6.40. The lowest BCUT2D eigenvalue weighted by Crippen LogP contribution is -2.42. The maximum atomic E-state index is 12.2. The van der Waals surface area contributed by atoms with Crippen LogP contribution in [-0.2, 0) is 4.79 Å². The first kappa shape index (κ1) is 16.1. The Balaban J connectivity index is 0.00000180. The van der Waals surface area contributed by atoms with Crippen LogP contribution in [0.2, 0.25) is 0 Å². The van der Waals surface area contributed by atoms with Crippen LogP contribution in [0.3, 0.4) is 0 Å². The summed E-state index contributed by atoms with van der Waals surface area (Å²) >= 11 is 0. The van der Waals surface area contributed by atoms with E-state index in [0.29, 0.717) is 6.04 Å². The predicted octanol–water partition coefficient (Wildman–Crippen LogP) is 2.58. The van der Waals surface area contributed by atoms with Gasteiger partial charge in [0.25, 0.3) is 0 Å². The second kappa shape index (κ2) is 6.96. The molecular formula is C14H23ClN2O2. The van der Waals surface area contributed by atoms with E-state index in [9.17, 15) is 4.79 Å². The fourth-order valence-corrected chi connectivity index (χ4v) is 2.46. The number of hydrogen-bond acceptors (Lipinski definition) is 3. The van der Waals surface area contributed by atoms with Crippen LogP contribution < -0.4 is 10.6 Å². The Hall–Kier alpha value is -1.00. The molecule has 0 bridgehead atoms. The van der Waals surface area contributed by atoms with Crippen molar-refractivity contribution in [2.45, 2.75) is 45.7 Å². The van der Waals surface area contributed by atoms with E-state index in [4.69, 9.17) is 4.42 Å². The van der Waals surface area contributed by atoms with E-state index in [2.05, 4.69) is 17.6 Å². The van der Waals surface area contributed by atoms with Crippen molar-refractivity contribution >= 4 is 18.3 Å². The van der Waals surface area contributed by atoms with Crippen LogP contribution in [-0.4, -0.2) is 18.5 Å². The lowest BCUT2D eigenvalue weighted by molar-refractivity contribution is -0.126. The number of hydrogen-bond donors (Lipinski definition) is 2. The van der Waals surface area contributed by atoms with E-state index >= 15 is 0 Å². The number of aryl methyl sites for hydroxylation is 1. The monoisotopic (exact) mass is 286 g/mol. The molecule has 1 saturated heterocycles. The SMILES string of the molecule is Cc1ccc(C(C)NC(=O)[C@H]2CCN[C@@H](C)C2)o1.Cl. The minimum Gasteiger partial charge on any atom is -0.464 e. The van der Waals surface area contributed by atoms with Crippen LogP contribution >= 0.6 is 12.4 Å². The summed E-state index contributed by atoms with van der Waals surface area (Å²) in [5.41, 5.74) is 0. The highest BCUT2D eigenvalue weighted by Crippen LogP contribution is 2.20. The van der Waals surface area contributed by atoms with E-state index in [1.54, 1.807) is 0 Å². The van der Waals surface area contributed by atoms with Crippen LogP contribution in [0.1, 0.15) is 44.3 Å². The third-order valence-corrected chi connectivity index (χ3v) is 3.54. The van der Waals surface area contributed by atoms with Crippen molar-refractivity contribution in [1.82, 2.24) is 10.6 Å². The van der Waals surface area contributed by atoms with Gasteiger partial charge in [-0.05, 0) is 52.3 Å². The summed E-state index contributed by atoms with van der Waals surface area (Å²) in [6, 6.07) is 4.21. The highest BCUT2D eigenvalue weighted by Gasteiger charge is 2.26. The second-order valence-corrected chi connectivity index (χ2v) is 5.26. The molecule has 108 valence electrons. The lowest BCUT2D eigenvalue weighted by atomic mass is 9.92. The number of furan rings is 1. The number of amides is 1. The van der Waals surface area contributed by atoms with Gasteiger partial charge in [-0.3, -0.25) is 4.79 Å². The molecular weight excluding hydrogens is 264 g/mol. The number of piperidine rings is 1. The molecule has 1 aliphatic heterocycles. The van der Waals surface area contributed by atoms with Gasteiger partial charge in [0.05, 0.1) is 6.04 Å². The van der Waals surface area contributed by atoms with Crippen molar-refractivity contribution in [2.75, 3.05) is 6.54 Å². The number of carbonyl (C=O) groups excluding carboxylic acids is 1. The van der Waals surface area contributed by atoms with E-state index in [1.165, 1.54) is 0 Å². The molecule has 2 N–H and O–H groups in total. The molecule has 0 aliphatic carbocycles. The van der Waals surface area contributed by atoms with Gasteiger partial charge in [-0.2, -0.15) is 0 Å². The Morgan fingerprint density at radius 2 is 2.26 bits per heavy atom. The molecule has 19 heavy (non-hydrogen) atoms. The molecule has 0 saturated carbocycles. The molecule has 5 heteroatoms. The highest BCUT2D eigenvalue weighted by atomic mass is 35.5. The summed E-state index contributed by atoms with van der Waals surface area (Å²) in [5.74, 6) is 1.97. The highest BCUT2D eigenvalue weighted by molar-refractivity contribution is 5.85. The van der Waals surface area contributed by atoms with Crippen LogP contribution in [0.15, 0.2) is 16.5 Å². The zero-order chi connectivity index (χ0) is 13.1. The zero-order valence-electron chi connectivity index (χ0n) is 11.7. The van der Waals surface area contributed by atoms with Crippen LogP contribution in [0.4, 0.5) is 0 Å². The normalized spacial score (nSPS) is 24.4. The number of carbonyl (C=O) groups is 1. The summed E-state index contributed by atoms with van der Waals surface area (Å²) in [6.45, 7) is 6.92. The smallest absolute Gasteiger partial charge is 0.223 e. The van der Waals surface area contributed by atoms with Gasteiger partial charge in [0.1, 0.15) is 11.5 Å². The van der Waals surface area contributed by atoms with Gasteiger partial charge in [-0.25, -0.2) is 0 Å². The van der Waals surface area contributed by atoms with Gasteiger partial charge in [0.2, 0.25) is 5.91 Å². The first-order chi connectivity index (χ1) is 8.56.